The highest BCUT2D eigenvalue weighted by atomic mass is 32.2. The van der Waals surface area contributed by atoms with Gasteiger partial charge in [0.15, 0.2) is 0 Å². The van der Waals surface area contributed by atoms with Crippen LogP contribution in [0.5, 0.6) is 0 Å². The molecule has 134 valence electrons. The van der Waals surface area contributed by atoms with E-state index in [1.807, 2.05) is 0 Å². The predicted octanol–water partition coefficient (Wildman–Crippen LogP) is 3.59. The molecule has 2 aromatic heterocycles. The molecule has 0 aliphatic carbocycles. The molecule has 0 radical (unpaired) electrons. The number of hydrogen-bond acceptors (Lipinski definition) is 8. The van der Waals surface area contributed by atoms with Crippen LogP contribution in [-0.2, 0) is 4.79 Å². The van der Waals surface area contributed by atoms with E-state index < -0.39 is 4.92 Å². The number of nitrogens with zero attached hydrogens (tertiary/aromatic N) is 3. The lowest BCUT2D eigenvalue weighted by Crippen LogP contribution is -2.15. The average molecular weight is 374 g/mol. The number of carbonyl (C=O) groups excluding carboxylic acids is 1. The van der Waals surface area contributed by atoms with E-state index in [0.29, 0.717) is 28.5 Å². The molecule has 9 nitrogen and oxygen atoms in total. The number of aryl methyl sites for hydroxylation is 1. The molecule has 10 heteroatoms. The molecule has 0 spiro atoms. The molecule has 0 atom stereocenters. The molecule has 0 saturated heterocycles. The second-order valence-corrected chi connectivity index (χ2v) is 6.23. The van der Waals surface area contributed by atoms with Crippen molar-refractivity contribution in [2.45, 2.75) is 19.1 Å². The summed E-state index contributed by atoms with van der Waals surface area (Å²) in [5.74, 6) is 0.657. The van der Waals surface area contributed by atoms with Gasteiger partial charge in [-0.05, 0) is 26.0 Å². The average Bonchev–Trinajstić information content (AvgIpc) is 3.23. The van der Waals surface area contributed by atoms with E-state index in [4.69, 9.17) is 8.83 Å². The van der Waals surface area contributed by atoms with E-state index in [1.54, 1.807) is 26.0 Å². The van der Waals surface area contributed by atoms with Gasteiger partial charge in [0.1, 0.15) is 5.76 Å². The number of nitrogens with one attached hydrogen (secondary N) is 1. The summed E-state index contributed by atoms with van der Waals surface area (Å²) in [6.45, 7) is 3.36. The van der Waals surface area contributed by atoms with Gasteiger partial charge in [-0.2, -0.15) is 0 Å². The first-order valence-corrected chi connectivity index (χ1v) is 8.49. The second kappa shape index (κ2) is 7.40. The van der Waals surface area contributed by atoms with Crippen LogP contribution in [-0.4, -0.2) is 26.8 Å². The third-order valence-corrected chi connectivity index (χ3v) is 4.42. The third-order valence-electron chi connectivity index (χ3n) is 3.60. The van der Waals surface area contributed by atoms with Crippen LogP contribution in [0.15, 0.2) is 44.6 Å². The van der Waals surface area contributed by atoms with Gasteiger partial charge in [-0.15, -0.1) is 10.2 Å². The molecule has 0 bridgehead atoms. The zero-order valence-corrected chi connectivity index (χ0v) is 14.7. The summed E-state index contributed by atoms with van der Waals surface area (Å²) < 4.78 is 10.7. The molecule has 1 aromatic carbocycles. The van der Waals surface area contributed by atoms with Crippen LogP contribution >= 0.6 is 11.8 Å². The molecular formula is C16H14N4O5S. The van der Waals surface area contributed by atoms with Gasteiger partial charge in [-0.3, -0.25) is 14.9 Å². The number of carbonyl (C=O) groups is 1. The molecule has 0 fully saturated rings. The summed E-state index contributed by atoms with van der Waals surface area (Å²) in [6, 6.07) is 6.23. The Kier molecular flexibility index (Phi) is 5.03. The fourth-order valence-electron chi connectivity index (χ4n) is 2.25. The van der Waals surface area contributed by atoms with Crippen molar-refractivity contribution < 1.29 is 18.6 Å². The fraction of sp³-hybridized carbons (Fsp3) is 0.188. The van der Waals surface area contributed by atoms with Crippen LogP contribution < -0.4 is 5.32 Å². The summed E-state index contributed by atoms with van der Waals surface area (Å²) in [7, 11) is 0. The molecule has 3 aromatic rings. The number of rotatable bonds is 6. The van der Waals surface area contributed by atoms with Crippen molar-refractivity contribution in [3.05, 3.63) is 52.0 Å². The number of thioether (sulfide) groups is 1. The highest BCUT2D eigenvalue weighted by Crippen LogP contribution is 2.27. The van der Waals surface area contributed by atoms with Crippen LogP contribution in [0.25, 0.3) is 11.5 Å². The molecule has 1 N–H and O–H groups in total. The summed E-state index contributed by atoms with van der Waals surface area (Å²) in [4.78, 5) is 22.6. The van der Waals surface area contributed by atoms with Crippen LogP contribution in [0.4, 0.5) is 11.4 Å². The van der Waals surface area contributed by atoms with Crippen LogP contribution in [0.2, 0.25) is 0 Å². The van der Waals surface area contributed by atoms with Gasteiger partial charge >= 0.3 is 0 Å². The molecule has 26 heavy (non-hydrogen) atoms. The van der Waals surface area contributed by atoms with Crippen molar-refractivity contribution in [1.82, 2.24) is 10.2 Å². The number of benzene rings is 1. The number of nitro groups is 1. The zero-order chi connectivity index (χ0) is 18.7. The third kappa shape index (κ3) is 3.75. The number of furan rings is 1. The number of anilines is 1. The summed E-state index contributed by atoms with van der Waals surface area (Å²) in [6.07, 6.45) is 1.52. The van der Waals surface area contributed by atoms with Crippen LogP contribution in [0, 0.1) is 24.0 Å². The first-order valence-electron chi connectivity index (χ1n) is 7.50. The van der Waals surface area contributed by atoms with E-state index in [2.05, 4.69) is 15.5 Å². The summed E-state index contributed by atoms with van der Waals surface area (Å²) in [5, 5.41) is 21.6. The van der Waals surface area contributed by atoms with Crippen LogP contribution in [0.1, 0.15) is 11.3 Å². The number of aromatic nitrogens is 2. The number of hydrogen-bond donors (Lipinski definition) is 1. The van der Waals surface area contributed by atoms with Crippen molar-refractivity contribution in [2.75, 3.05) is 11.1 Å². The fourth-order valence-corrected chi connectivity index (χ4v) is 2.82. The Hall–Kier alpha value is -3.14. The predicted molar refractivity (Wildman–Crippen MR) is 93.9 cm³/mol. The van der Waals surface area contributed by atoms with Gasteiger partial charge in [0.25, 0.3) is 16.8 Å². The largest absolute Gasteiger partial charge is 0.469 e. The lowest BCUT2D eigenvalue weighted by atomic mass is 10.1. The topological polar surface area (TPSA) is 124 Å². The first-order chi connectivity index (χ1) is 12.5. The maximum atomic E-state index is 12.1. The van der Waals surface area contributed by atoms with Crippen molar-refractivity contribution in [1.29, 1.82) is 0 Å². The van der Waals surface area contributed by atoms with Crippen molar-refractivity contribution >= 4 is 29.0 Å². The van der Waals surface area contributed by atoms with Crippen molar-refractivity contribution in [2.24, 2.45) is 0 Å². The Balaban J connectivity index is 1.62. The van der Waals surface area contributed by atoms with Gasteiger partial charge in [-0.1, -0.05) is 17.8 Å². The maximum Gasteiger partial charge on any atom is 0.277 e. The SMILES string of the molecule is Cc1occc1-c1nnc(SCC(=O)Nc2cccc([N+](=O)[O-])c2C)o1. The van der Waals surface area contributed by atoms with Crippen molar-refractivity contribution in [3.8, 4) is 11.5 Å². The Morgan fingerprint density at radius 1 is 1.31 bits per heavy atom. The second-order valence-electron chi connectivity index (χ2n) is 5.31. The van der Waals surface area contributed by atoms with Crippen LogP contribution in [0.3, 0.4) is 0 Å². The summed E-state index contributed by atoms with van der Waals surface area (Å²) in [5.41, 5.74) is 1.44. The first kappa shape index (κ1) is 17.7. The Labute approximate surface area is 151 Å². The minimum atomic E-state index is -0.489. The van der Waals surface area contributed by atoms with E-state index in [1.165, 1.54) is 18.4 Å². The normalized spacial score (nSPS) is 10.7. The minimum absolute atomic E-state index is 0.0220. The lowest BCUT2D eigenvalue weighted by Gasteiger charge is -2.07. The number of amides is 1. The molecular weight excluding hydrogens is 360 g/mol. The summed E-state index contributed by atoms with van der Waals surface area (Å²) >= 11 is 1.07. The zero-order valence-electron chi connectivity index (χ0n) is 13.9. The van der Waals surface area contributed by atoms with Gasteiger partial charge < -0.3 is 14.2 Å². The molecule has 1 amide bonds. The van der Waals surface area contributed by atoms with Gasteiger partial charge in [0.05, 0.1) is 33.8 Å². The Morgan fingerprint density at radius 2 is 2.12 bits per heavy atom. The van der Waals surface area contributed by atoms with E-state index in [9.17, 15) is 14.9 Å². The standard InChI is InChI=1S/C16H14N4O5S/c1-9-12(4-3-5-13(9)20(22)23)17-14(21)8-26-16-19-18-15(25-16)11-6-7-24-10(11)2/h3-7H,8H2,1-2H3,(H,17,21). The Morgan fingerprint density at radius 3 is 2.81 bits per heavy atom. The van der Waals surface area contributed by atoms with Gasteiger partial charge in [-0.25, -0.2) is 0 Å². The van der Waals surface area contributed by atoms with Gasteiger partial charge in [0.2, 0.25) is 5.91 Å². The smallest absolute Gasteiger partial charge is 0.277 e. The Bertz CT molecular complexity index is 965. The van der Waals surface area contributed by atoms with Crippen molar-refractivity contribution in [3.63, 3.8) is 0 Å². The van der Waals surface area contributed by atoms with E-state index in [0.717, 1.165) is 11.8 Å². The maximum absolute atomic E-state index is 12.1. The molecule has 3 rings (SSSR count). The van der Waals surface area contributed by atoms with E-state index in [-0.39, 0.29) is 22.6 Å². The highest BCUT2D eigenvalue weighted by Gasteiger charge is 2.17. The lowest BCUT2D eigenvalue weighted by molar-refractivity contribution is -0.385. The molecule has 0 aliphatic heterocycles. The molecule has 0 aliphatic rings. The molecule has 0 unspecified atom stereocenters. The molecule has 0 saturated carbocycles. The highest BCUT2D eigenvalue weighted by molar-refractivity contribution is 7.99. The monoisotopic (exact) mass is 374 g/mol. The molecule has 2 heterocycles. The van der Waals surface area contributed by atoms with E-state index >= 15 is 0 Å². The van der Waals surface area contributed by atoms with Gasteiger partial charge in [0, 0.05) is 6.07 Å². The number of nitro benzene ring substituents is 1. The quantitative estimate of drug-likeness (QED) is 0.394. The minimum Gasteiger partial charge on any atom is -0.469 e.